The summed E-state index contributed by atoms with van der Waals surface area (Å²) in [6.07, 6.45) is 2.97. The van der Waals surface area contributed by atoms with E-state index < -0.39 is 16.9 Å². The zero-order valence-electron chi connectivity index (χ0n) is 16.6. The molecule has 0 amide bonds. The number of aromatic nitrogens is 2. The van der Waals surface area contributed by atoms with Crippen molar-refractivity contribution in [1.82, 2.24) is 9.78 Å². The van der Waals surface area contributed by atoms with E-state index in [2.05, 4.69) is 18.9 Å². The maximum Gasteiger partial charge on any atom is 0.275 e. The van der Waals surface area contributed by atoms with Crippen LogP contribution in [0.2, 0.25) is 5.02 Å². The van der Waals surface area contributed by atoms with E-state index >= 15 is 0 Å². The van der Waals surface area contributed by atoms with Crippen molar-refractivity contribution in [2.24, 2.45) is 5.92 Å². The van der Waals surface area contributed by atoms with Gasteiger partial charge in [-0.3, -0.25) is 9.00 Å². The van der Waals surface area contributed by atoms with Gasteiger partial charge >= 0.3 is 0 Å². The highest BCUT2D eigenvalue weighted by molar-refractivity contribution is 7.78. The van der Waals surface area contributed by atoms with Crippen molar-refractivity contribution in [3.63, 3.8) is 0 Å². The summed E-state index contributed by atoms with van der Waals surface area (Å²) in [6.45, 7) is 4.16. The summed E-state index contributed by atoms with van der Waals surface area (Å²) >= 11 is 3.71. The molecule has 1 heterocycles. The molecule has 0 saturated carbocycles. The van der Waals surface area contributed by atoms with Gasteiger partial charge in [0.15, 0.2) is 0 Å². The molecule has 0 aliphatic carbocycles. The molecule has 0 bridgehead atoms. The van der Waals surface area contributed by atoms with Crippen LogP contribution in [0.4, 0.5) is 4.39 Å². The van der Waals surface area contributed by atoms with Crippen LogP contribution in [0.25, 0.3) is 16.8 Å². The molecule has 0 N–H and O–H groups in total. The first-order valence-electron chi connectivity index (χ1n) is 9.48. The van der Waals surface area contributed by atoms with E-state index in [0.717, 1.165) is 12.0 Å². The molecule has 1 aromatic heterocycles. The van der Waals surface area contributed by atoms with Crippen LogP contribution in [0.5, 0.6) is 0 Å². The Bertz CT molecular complexity index is 1130. The maximum absolute atomic E-state index is 13.5. The second-order valence-electron chi connectivity index (χ2n) is 7.43. The van der Waals surface area contributed by atoms with Crippen LogP contribution < -0.4 is 5.56 Å². The molecule has 8 heteroatoms. The molecule has 30 heavy (non-hydrogen) atoms. The average Bonchev–Trinajstić information content (AvgIpc) is 2.69. The average molecular weight is 448 g/mol. The van der Waals surface area contributed by atoms with Crippen LogP contribution in [0.1, 0.15) is 31.4 Å². The molecule has 0 fully saturated rings. The monoisotopic (exact) mass is 447 g/mol. The van der Waals surface area contributed by atoms with Crippen LogP contribution in [0.15, 0.2) is 53.5 Å². The van der Waals surface area contributed by atoms with E-state index in [1.807, 2.05) is 0 Å². The predicted octanol–water partition coefficient (Wildman–Crippen LogP) is 4.66. The van der Waals surface area contributed by atoms with Crippen molar-refractivity contribution in [2.45, 2.75) is 32.4 Å². The minimum Gasteiger partial charge on any atom is -0.772 e. The highest BCUT2D eigenvalue weighted by Gasteiger charge is 2.15. The number of benzene rings is 2. The zero-order chi connectivity index (χ0) is 21.8. The van der Waals surface area contributed by atoms with Gasteiger partial charge < -0.3 is 4.55 Å². The molecule has 0 radical (unpaired) electrons. The normalized spacial score (nSPS) is 12.3. The molecular formula is C22H21ClFN2O3S-. The Balaban J connectivity index is 2.08. The molecular weight excluding hydrogens is 427 g/mol. The number of hydrogen-bond donors (Lipinski definition) is 0. The van der Waals surface area contributed by atoms with Gasteiger partial charge in [0.05, 0.1) is 16.9 Å². The van der Waals surface area contributed by atoms with Crippen LogP contribution in [-0.2, 0) is 23.3 Å². The van der Waals surface area contributed by atoms with Gasteiger partial charge in [-0.1, -0.05) is 60.8 Å². The Kier molecular flexibility index (Phi) is 7.18. The first-order valence-corrected chi connectivity index (χ1v) is 11.1. The summed E-state index contributed by atoms with van der Waals surface area (Å²) in [4.78, 5) is 13.3. The fraction of sp³-hybridized carbons (Fsp3) is 0.273. The zero-order valence-corrected chi connectivity index (χ0v) is 18.2. The Labute approximate surface area is 181 Å². The second kappa shape index (κ2) is 9.64. The van der Waals surface area contributed by atoms with E-state index in [4.69, 9.17) is 11.6 Å². The quantitative estimate of drug-likeness (QED) is 0.493. The lowest BCUT2D eigenvalue weighted by Gasteiger charge is -2.14. The lowest BCUT2D eigenvalue weighted by molar-refractivity contribution is 0.536. The van der Waals surface area contributed by atoms with Crippen molar-refractivity contribution >= 4 is 22.7 Å². The second-order valence-corrected chi connectivity index (χ2v) is 8.73. The van der Waals surface area contributed by atoms with Gasteiger partial charge in [-0.15, -0.1) is 0 Å². The molecule has 3 aromatic rings. The number of nitrogens with zero attached hydrogens (tertiary/aromatic N) is 2. The molecule has 0 aliphatic rings. The topological polar surface area (TPSA) is 75.0 Å². The Hall–Kier alpha value is -2.35. The third-order valence-corrected chi connectivity index (χ3v) is 5.61. The van der Waals surface area contributed by atoms with Crippen molar-refractivity contribution in [2.75, 3.05) is 0 Å². The number of hydrogen-bond acceptors (Lipinski definition) is 4. The van der Waals surface area contributed by atoms with E-state index in [-0.39, 0.29) is 16.3 Å². The molecule has 5 nitrogen and oxygen atoms in total. The van der Waals surface area contributed by atoms with E-state index in [9.17, 15) is 17.9 Å². The fourth-order valence-corrected chi connectivity index (χ4v) is 3.77. The summed E-state index contributed by atoms with van der Waals surface area (Å²) in [6, 6.07) is 11.1. The van der Waals surface area contributed by atoms with Gasteiger partial charge in [0, 0.05) is 16.9 Å². The fourth-order valence-electron chi connectivity index (χ4n) is 3.13. The van der Waals surface area contributed by atoms with Crippen LogP contribution in [0.3, 0.4) is 0 Å². The van der Waals surface area contributed by atoms with Gasteiger partial charge in [0.1, 0.15) is 5.82 Å². The first-order chi connectivity index (χ1) is 14.3. The Morgan fingerprint density at radius 3 is 2.50 bits per heavy atom. The molecule has 3 rings (SSSR count). The Morgan fingerprint density at radius 1 is 1.20 bits per heavy atom. The van der Waals surface area contributed by atoms with Crippen LogP contribution >= 0.6 is 11.6 Å². The van der Waals surface area contributed by atoms with E-state index in [1.54, 1.807) is 30.5 Å². The molecule has 0 spiro atoms. The minimum atomic E-state index is -2.17. The standard InChI is InChI=1S/C22H22ClFN2O3S/c1-14(2)3-9-18-19(16-6-4-15(5-7-16)13-30(28)29)12-25-26(22(18)27)17-8-10-21(24)20(23)11-17/h4-8,10-12,14H,3,9,13H2,1-2H3,(H,28,29)/p-1. The van der Waals surface area contributed by atoms with Crippen molar-refractivity contribution in [3.8, 4) is 16.8 Å². The largest absolute Gasteiger partial charge is 0.772 e. The molecule has 0 saturated heterocycles. The summed E-state index contributed by atoms with van der Waals surface area (Å²) < 4.78 is 36.5. The molecule has 2 aromatic carbocycles. The van der Waals surface area contributed by atoms with Gasteiger partial charge in [-0.2, -0.15) is 9.78 Å². The van der Waals surface area contributed by atoms with Gasteiger partial charge in [-0.25, -0.2) is 4.39 Å². The van der Waals surface area contributed by atoms with Crippen molar-refractivity contribution in [1.29, 1.82) is 0 Å². The molecule has 158 valence electrons. The summed E-state index contributed by atoms with van der Waals surface area (Å²) in [5.74, 6) is -0.233. The van der Waals surface area contributed by atoms with Crippen molar-refractivity contribution in [3.05, 3.63) is 81.0 Å². The summed E-state index contributed by atoms with van der Waals surface area (Å²) in [5.41, 5.74) is 2.83. The highest BCUT2D eigenvalue weighted by Crippen LogP contribution is 2.25. The predicted molar refractivity (Wildman–Crippen MR) is 116 cm³/mol. The summed E-state index contributed by atoms with van der Waals surface area (Å²) in [7, 11) is 0. The molecule has 1 unspecified atom stereocenters. The smallest absolute Gasteiger partial charge is 0.275 e. The van der Waals surface area contributed by atoms with Gasteiger partial charge in [0.25, 0.3) is 5.56 Å². The van der Waals surface area contributed by atoms with Gasteiger partial charge in [0.2, 0.25) is 0 Å². The molecule has 0 aliphatic heterocycles. The van der Waals surface area contributed by atoms with Crippen LogP contribution in [-0.4, -0.2) is 18.5 Å². The minimum absolute atomic E-state index is 0.0638. The summed E-state index contributed by atoms with van der Waals surface area (Å²) in [5, 5.41) is 4.20. The van der Waals surface area contributed by atoms with E-state index in [0.29, 0.717) is 34.7 Å². The number of halogens is 2. The Morgan fingerprint density at radius 2 is 1.90 bits per heavy atom. The van der Waals surface area contributed by atoms with Crippen LogP contribution in [0, 0.1) is 11.7 Å². The highest BCUT2D eigenvalue weighted by atomic mass is 35.5. The SMILES string of the molecule is CC(C)CCc1c(-c2ccc(CS(=O)[O-])cc2)cnn(-c2ccc(F)c(Cl)c2)c1=O. The van der Waals surface area contributed by atoms with Gasteiger partial charge in [-0.05, 0) is 48.1 Å². The maximum atomic E-state index is 13.5. The molecule has 1 atom stereocenters. The third kappa shape index (κ3) is 5.22. The lowest BCUT2D eigenvalue weighted by atomic mass is 9.96. The van der Waals surface area contributed by atoms with E-state index in [1.165, 1.54) is 22.9 Å². The van der Waals surface area contributed by atoms with Crippen molar-refractivity contribution < 1.29 is 13.2 Å². The lowest BCUT2D eigenvalue weighted by Crippen LogP contribution is -2.26. The first kappa shape index (κ1) is 22.3. The number of rotatable bonds is 7. The third-order valence-electron chi connectivity index (χ3n) is 4.75.